The number of aryl methyl sites for hydroxylation is 1. The van der Waals surface area contributed by atoms with Crippen LogP contribution in [0.15, 0.2) is 30.3 Å². The second-order valence-corrected chi connectivity index (χ2v) is 4.90. The van der Waals surface area contributed by atoms with Crippen LogP contribution in [0, 0.1) is 24.4 Å². The van der Waals surface area contributed by atoms with Crippen molar-refractivity contribution in [3.63, 3.8) is 0 Å². The van der Waals surface area contributed by atoms with E-state index in [2.05, 4.69) is 10.2 Å². The molecule has 128 valence electrons. The van der Waals surface area contributed by atoms with Crippen molar-refractivity contribution in [3.05, 3.63) is 58.9 Å². The van der Waals surface area contributed by atoms with Crippen molar-refractivity contribution in [1.29, 1.82) is 0 Å². The molecule has 0 atom stereocenters. The van der Waals surface area contributed by atoms with Gasteiger partial charge in [0.25, 0.3) is 5.91 Å². The van der Waals surface area contributed by atoms with E-state index < -0.39 is 29.0 Å². The average molecular weight is 340 g/mol. The summed E-state index contributed by atoms with van der Waals surface area (Å²) in [4.78, 5) is 16.6. The number of hydrogen-bond acceptors (Lipinski definition) is 4. The van der Waals surface area contributed by atoms with Gasteiger partial charge in [-0.3, -0.25) is 9.63 Å². The molecule has 2 aromatic carbocycles. The summed E-state index contributed by atoms with van der Waals surface area (Å²) in [5, 5.41) is 11.0. The third-order valence-electron chi connectivity index (χ3n) is 3.08. The number of hydrogen-bond donors (Lipinski definition) is 3. The molecule has 0 saturated carbocycles. The second kappa shape index (κ2) is 7.80. The van der Waals surface area contributed by atoms with Crippen LogP contribution in [0.2, 0.25) is 0 Å². The van der Waals surface area contributed by atoms with Crippen molar-refractivity contribution in [2.45, 2.75) is 6.92 Å². The van der Waals surface area contributed by atoms with Crippen molar-refractivity contribution < 1.29 is 27.9 Å². The summed E-state index contributed by atoms with van der Waals surface area (Å²) in [5.74, 6) is -4.08. The van der Waals surface area contributed by atoms with Crippen LogP contribution in [0.3, 0.4) is 0 Å². The van der Waals surface area contributed by atoms with E-state index in [1.54, 1.807) is 13.0 Å². The highest BCUT2D eigenvalue weighted by atomic mass is 19.2. The van der Waals surface area contributed by atoms with Crippen molar-refractivity contribution in [2.24, 2.45) is 0 Å². The molecule has 8 heteroatoms. The van der Waals surface area contributed by atoms with Crippen LogP contribution in [-0.4, -0.2) is 24.2 Å². The van der Waals surface area contributed by atoms with E-state index >= 15 is 0 Å². The number of carbonyl (C=O) groups excluding carboxylic acids is 1. The number of halogens is 3. The number of anilines is 2. The number of aliphatic hydroxyl groups is 1. The number of rotatable bonds is 6. The summed E-state index contributed by atoms with van der Waals surface area (Å²) in [7, 11) is 0. The number of benzene rings is 2. The van der Waals surface area contributed by atoms with Crippen LogP contribution in [0.5, 0.6) is 0 Å². The lowest BCUT2D eigenvalue weighted by molar-refractivity contribution is 0.0168. The molecule has 0 spiro atoms. The Kier molecular flexibility index (Phi) is 5.78. The summed E-state index contributed by atoms with van der Waals surface area (Å²) < 4.78 is 41.5. The third-order valence-corrected chi connectivity index (χ3v) is 3.08. The molecule has 0 aliphatic heterocycles. The molecule has 5 nitrogen and oxygen atoms in total. The zero-order valence-corrected chi connectivity index (χ0v) is 12.7. The number of aliphatic hydroxyl groups excluding tert-OH is 1. The van der Waals surface area contributed by atoms with Gasteiger partial charge in [-0.25, -0.2) is 18.7 Å². The predicted molar refractivity (Wildman–Crippen MR) is 81.3 cm³/mol. The van der Waals surface area contributed by atoms with Gasteiger partial charge in [-0.2, -0.15) is 0 Å². The van der Waals surface area contributed by atoms with E-state index in [0.29, 0.717) is 5.56 Å². The highest BCUT2D eigenvalue weighted by Gasteiger charge is 2.20. The van der Waals surface area contributed by atoms with E-state index in [1.165, 1.54) is 12.1 Å². The molecule has 0 unspecified atom stereocenters. The van der Waals surface area contributed by atoms with E-state index in [-0.39, 0.29) is 24.5 Å². The molecule has 2 rings (SSSR count). The standard InChI is InChI=1S/C16H15F3N2O3/c1-9-2-5-13(12(18)8-9)20-15-10(3-4-11(17)14(15)19)16(23)21-24-7-6-22/h2-5,8,20,22H,6-7H2,1H3,(H,21,23). The quantitative estimate of drug-likeness (QED) is 0.559. The first kappa shape index (κ1) is 17.8. The first-order valence-corrected chi connectivity index (χ1v) is 6.98. The van der Waals surface area contributed by atoms with Gasteiger partial charge < -0.3 is 10.4 Å². The Labute approximate surface area is 136 Å². The smallest absolute Gasteiger partial charge is 0.277 e. The fourth-order valence-electron chi connectivity index (χ4n) is 1.94. The first-order valence-electron chi connectivity index (χ1n) is 6.98. The average Bonchev–Trinajstić information content (AvgIpc) is 2.54. The van der Waals surface area contributed by atoms with E-state index in [4.69, 9.17) is 5.11 Å². The monoisotopic (exact) mass is 340 g/mol. The lowest BCUT2D eigenvalue weighted by atomic mass is 10.1. The fraction of sp³-hybridized carbons (Fsp3) is 0.188. The fourth-order valence-corrected chi connectivity index (χ4v) is 1.94. The van der Waals surface area contributed by atoms with Gasteiger partial charge in [-0.05, 0) is 36.8 Å². The maximum atomic E-state index is 14.1. The van der Waals surface area contributed by atoms with Gasteiger partial charge >= 0.3 is 0 Å². The minimum atomic E-state index is -1.33. The highest BCUT2D eigenvalue weighted by molar-refractivity contribution is 5.99. The van der Waals surface area contributed by atoms with Crippen LogP contribution < -0.4 is 10.8 Å². The molecule has 0 aliphatic carbocycles. The van der Waals surface area contributed by atoms with Gasteiger partial charge in [-0.15, -0.1) is 0 Å². The van der Waals surface area contributed by atoms with E-state index in [0.717, 1.165) is 12.1 Å². The molecule has 0 bridgehead atoms. The maximum absolute atomic E-state index is 14.1. The normalized spacial score (nSPS) is 10.5. The van der Waals surface area contributed by atoms with E-state index in [9.17, 15) is 18.0 Å². The Morgan fingerprint density at radius 1 is 1.17 bits per heavy atom. The van der Waals surface area contributed by atoms with Crippen molar-refractivity contribution in [3.8, 4) is 0 Å². The van der Waals surface area contributed by atoms with E-state index in [1.807, 2.05) is 5.48 Å². The molecule has 0 fully saturated rings. The molecule has 1 amide bonds. The van der Waals surface area contributed by atoms with Crippen molar-refractivity contribution in [2.75, 3.05) is 18.5 Å². The number of hydroxylamine groups is 1. The van der Waals surface area contributed by atoms with Gasteiger partial charge in [-0.1, -0.05) is 6.07 Å². The van der Waals surface area contributed by atoms with Crippen LogP contribution in [0.4, 0.5) is 24.5 Å². The summed E-state index contributed by atoms with van der Waals surface area (Å²) >= 11 is 0. The highest BCUT2D eigenvalue weighted by Crippen LogP contribution is 2.28. The summed E-state index contributed by atoms with van der Waals surface area (Å²) in [6.07, 6.45) is 0. The van der Waals surface area contributed by atoms with Crippen LogP contribution in [0.1, 0.15) is 15.9 Å². The summed E-state index contributed by atoms with van der Waals surface area (Å²) in [6, 6.07) is 5.94. The summed E-state index contributed by atoms with van der Waals surface area (Å²) in [6.45, 7) is 1.16. The summed E-state index contributed by atoms with van der Waals surface area (Å²) in [5.41, 5.74) is 1.70. The van der Waals surface area contributed by atoms with Crippen molar-refractivity contribution in [1.82, 2.24) is 5.48 Å². The second-order valence-electron chi connectivity index (χ2n) is 4.90. The molecule has 2 aromatic rings. The first-order chi connectivity index (χ1) is 11.4. The predicted octanol–water partition coefficient (Wildman–Crippen LogP) is 2.81. The van der Waals surface area contributed by atoms with Crippen molar-refractivity contribution >= 4 is 17.3 Å². The molecule has 0 aromatic heterocycles. The molecule has 0 aliphatic rings. The SMILES string of the molecule is Cc1ccc(Nc2c(C(=O)NOCCO)ccc(F)c2F)c(F)c1. The Balaban J connectivity index is 2.36. The van der Waals surface area contributed by atoms with Gasteiger partial charge in [0.2, 0.25) is 0 Å². The minimum absolute atomic E-state index is 0.115. The van der Waals surface area contributed by atoms with Crippen LogP contribution in [0.25, 0.3) is 0 Å². The Hall–Kier alpha value is -2.58. The Morgan fingerprint density at radius 3 is 2.58 bits per heavy atom. The number of amides is 1. The third kappa shape index (κ3) is 4.03. The molecular formula is C16H15F3N2O3. The van der Waals surface area contributed by atoms with Gasteiger partial charge in [0.1, 0.15) is 5.82 Å². The molecule has 0 saturated heterocycles. The topological polar surface area (TPSA) is 70.6 Å². The molecule has 0 heterocycles. The van der Waals surface area contributed by atoms with Gasteiger partial charge in [0, 0.05) is 0 Å². The number of nitrogens with one attached hydrogen (secondary N) is 2. The molecule has 0 radical (unpaired) electrons. The van der Waals surface area contributed by atoms with Crippen LogP contribution >= 0.6 is 0 Å². The zero-order chi connectivity index (χ0) is 17.7. The van der Waals surface area contributed by atoms with Gasteiger partial charge in [0.05, 0.1) is 30.2 Å². The Bertz CT molecular complexity index is 754. The number of carbonyl (C=O) groups is 1. The molecule has 24 heavy (non-hydrogen) atoms. The zero-order valence-electron chi connectivity index (χ0n) is 12.7. The Morgan fingerprint density at radius 2 is 1.92 bits per heavy atom. The maximum Gasteiger partial charge on any atom is 0.277 e. The minimum Gasteiger partial charge on any atom is -0.394 e. The largest absolute Gasteiger partial charge is 0.394 e. The van der Waals surface area contributed by atoms with Crippen LogP contribution in [-0.2, 0) is 4.84 Å². The molecule has 3 N–H and O–H groups in total. The lowest BCUT2D eigenvalue weighted by Gasteiger charge is -2.14. The van der Waals surface area contributed by atoms with Gasteiger partial charge in [0.15, 0.2) is 11.6 Å². The molecular weight excluding hydrogens is 325 g/mol. The lowest BCUT2D eigenvalue weighted by Crippen LogP contribution is -2.26.